The van der Waals surface area contributed by atoms with Crippen LogP contribution in [0.25, 0.3) is 55.3 Å². The highest BCUT2D eigenvalue weighted by atomic mass is 79.9. The quantitative estimate of drug-likeness (QED) is 0.101. The lowest BCUT2D eigenvalue weighted by atomic mass is 9.97. The van der Waals surface area contributed by atoms with E-state index in [1.165, 1.54) is 39.1 Å². The van der Waals surface area contributed by atoms with Gasteiger partial charge in [0.15, 0.2) is 0 Å². The number of hydrogen-bond acceptors (Lipinski definition) is 1. The molecule has 0 amide bonds. The molecule has 1 aromatic heterocycles. The molecule has 0 bridgehead atoms. The predicted octanol–water partition coefficient (Wildman–Crippen LogP) is 12.6. The van der Waals surface area contributed by atoms with E-state index in [0.717, 1.165) is 32.4 Å². The number of nitrogens with one attached hydrogen (secondary N) is 1. The van der Waals surface area contributed by atoms with Gasteiger partial charge in [0.25, 0.3) is 0 Å². The molecule has 1 heterocycles. The van der Waals surface area contributed by atoms with Gasteiger partial charge in [0.05, 0.1) is 11.0 Å². The molecule has 0 saturated carbocycles. The van der Waals surface area contributed by atoms with E-state index >= 15 is 0 Å². The third-order valence-corrected chi connectivity index (χ3v) is 7.83. The van der Waals surface area contributed by atoms with Gasteiger partial charge in [0.2, 0.25) is 0 Å². The number of nitrogens with zero attached hydrogens (tertiary/aromatic N) is 1. The van der Waals surface area contributed by atoms with E-state index in [1.807, 2.05) is 6.92 Å². The average molecular weight is 650 g/mol. The van der Waals surface area contributed by atoms with Crippen LogP contribution in [0.1, 0.15) is 12.5 Å². The van der Waals surface area contributed by atoms with Crippen molar-refractivity contribution in [1.82, 2.24) is 4.57 Å². The summed E-state index contributed by atoms with van der Waals surface area (Å²) < 4.78 is 3.33. The van der Waals surface area contributed by atoms with Gasteiger partial charge in [-0.15, -0.1) is 6.58 Å². The smallest absolute Gasteiger partial charge is 0.0547 e. The number of rotatable bonds is 7. The fourth-order valence-electron chi connectivity index (χ4n) is 5.15. The lowest BCUT2D eigenvalue weighted by molar-refractivity contribution is 1.18. The number of benzene rings is 5. The number of aromatic nitrogens is 1. The SMILES string of the molecule is C=C/C(=C\C=N)c1ccc(-c2ccc(-c3ccc4c5ccccc5n(-c5ccccc5)c4c3)cc2)cc1Br.C=CC.C=CC=C. The van der Waals surface area contributed by atoms with Crippen molar-refractivity contribution in [3.05, 3.63) is 182 Å². The van der Waals surface area contributed by atoms with Gasteiger partial charge < -0.3 is 9.98 Å². The van der Waals surface area contributed by atoms with Crippen molar-refractivity contribution in [3.63, 3.8) is 0 Å². The number of hydrogen-bond donors (Lipinski definition) is 1. The van der Waals surface area contributed by atoms with Gasteiger partial charge in [-0.25, -0.2) is 0 Å². The second-order valence-electron chi connectivity index (χ2n) is 10.1. The molecule has 0 atom stereocenters. The summed E-state index contributed by atoms with van der Waals surface area (Å²) in [6.07, 6.45) is 9.83. The first kappa shape index (κ1) is 32.7. The van der Waals surface area contributed by atoms with Crippen molar-refractivity contribution < 1.29 is 0 Å². The van der Waals surface area contributed by atoms with Crippen LogP contribution in [0.2, 0.25) is 0 Å². The van der Waals surface area contributed by atoms with Gasteiger partial charge in [-0.1, -0.05) is 145 Å². The molecule has 5 aromatic carbocycles. The minimum absolute atomic E-state index is 0.914. The Hall–Kier alpha value is -5.25. The van der Waals surface area contributed by atoms with Gasteiger partial charge in [0, 0.05) is 27.1 Å². The highest BCUT2D eigenvalue weighted by Gasteiger charge is 2.13. The monoisotopic (exact) mass is 648 g/mol. The van der Waals surface area contributed by atoms with Crippen molar-refractivity contribution in [2.75, 3.05) is 0 Å². The zero-order chi connectivity index (χ0) is 32.2. The molecule has 3 heteroatoms. The second-order valence-corrected chi connectivity index (χ2v) is 10.9. The van der Waals surface area contributed by atoms with E-state index in [0.29, 0.717) is 0 Å². The van der Waals surface area contributed by atoms with Gasteiger partial charge >= 0.3 is 0 Å². The van der Waals surface area contributed by atoms with Crippen molar-refractivity contribution in [1.29, 1.82) is 5.41 Å². The Balaban J connectivity index is 0.000000601. The number of para-hydroxylation sites is 2. The maximum absolute atomic E-state index is 7.39. The molecule has 0 aliphatic rings. The van der Waals surface area contributed by atoms with E-state index in [1.54, 1.807) is 30.4 Å². The van der Waals surface area contributed by atoms with Crippen LogP contribution >= 0.6 is 15.9 Å². The summed E-state index contributed by atoms with van der Waals surface area (Å²) in [5.41, 5.74) is 10.2. The van der Waals surface area contributed by atoms with Crippen LogP contribution in [-0.2, 0) is 0 Å². The Morgan fingerprint density at radius 2 is 1.18 bits per heavy atom. The maximum Gasteiger partial charge on any atom is 0.0547 e. The summed E-state index contributed by atoms with van der Waals surface area (Å²) >= 11 is 3.70. The topological polar surface area (TPSA) is 28.8 Å². The third-order valence-electron chi connectivity index (χ3n) is 7.17. The van der Waals surface area contributed by atoms with Crippen LogP contribution in [-0.4, -0.2) is 10.8 Å². The summed E-state index contributed by atoms with van der Waals surface area (Å²) in [6, 6.07) is 41.0. The average Bonchev–Trinajstić information content (AvgIpc) is 3.42. The first-order chi connectivity index (χ1) is 22.0. The first-order valence-corrected chi connectivity index (χ1v) is 15.4. The molecular formula is C42H37BrN2. The van der Waals surface area contributed by atoms with Crippen LogP contribution in [0.4, 0.5) is 0 Å². The number of halogens is 1. The molecule has 2 nitrogen and oxygen atoms in total. The van der Waals surface area contributed by atoms with Crippen molar-refractivity contribution in [2.24, 2.45) is 0 Å². The second kappa shape index (κ2) is 16.0. The number of fused-ring (bicyclic) bond motifs is 3. The molecule has 6 rings (SSSR count). The predicted molar refractivity (Wildman–Crippen MR) is 203 cm³/mol. The molecule has 0 radical (unpaired) electrons. The van der Waals surface area contributed by atoms with E-state index < -0.39 is 0 Å². The van der Waals surface area contributed by atoms with E-state index in [9.17, 15) is 0 Å². The highest BCUT2D eigenvalue weighted by molar-refractivity contribution is 9.10. The first-order valence-electron chi connectivity index (χ1n) is 14.6. The standard InChI is InChI=1S/C35H25BrN2.C4H6.C3H6/c1-2-24(20-21-37)30-18-16-27(22-33(30)36)25-12-14-26(15-13-25)28-17-19-32-31-10-6-7-11-34(31)38(35(32)23-28)29-8-4-3-5-9-29;1-3-4-2;1-3-2/h2-23,37H,1H2;3-4H,1-2H2;3H,1H2,2H3/b24-20+,37-21?;;. The summed E-state index contributed by atoms with van der Waals surface area (Å²) in [4.78, 5) is 0. The Kier molecular flexibility index (Phi) is 11.6. The Labute approximate surface area is 275 Å². The minimum atomic E-state index is 0.914. The molecule has 0 fully saturated rings. The van der Waals surface area contributed by atoms with Crippen LogP contribution in [0.5, 0.6) is 0 Å². The third kappa shape index (κ3) is 7.46. The van der Waals surface area contributed by atoms with E-state index in [2.05, 4.69) is 162 Å². The number of allylic oxidation sites excluding steroid dienone is 6. The van der Waals surface area contributed by atoms with Gasteiger partial charge in [-0.2, -0.15) is 0 Å². The lowest BCUT2D eigenvalue weighted by Crippen LogP contribution is -1.93. The van der Waals surface area contributed by atoms with Crippen molar-refractivity contribution in [3.8, 4) is 27.9 Å². The fourth-order valence-corrected chi connectivity index (χ4v) is 5.75. The van der Waals surface area contributed by atoms with Gasteiger partial charge in [0.1, 0.15) is 0 Å². The van der Waals surface area contributed by atoms with Crippen LogP contribution < -0.4 is 0 Å². The van der Waals surface area contributed by atoms with E-state index in [4.69, 9.17) is 5.41 Å². The molecule has 0 aliphatic carbocycles. The maximum atomic E-state index is 7.39. The molecule has 1 N–H and O–H groups in total. The minimum Gasteiger partial charge on any atom is -0.309 e. The molecule has 222 valence electrons. The summed E-state index contributed by atoms with van der Waals surface area (Å²) in [6.45, 7) is 15.8. The molecule has 0 unspecified atom stereocenters. The van der Waals surface area contributed by atoms with E-state index in [-0.39, 0.29) is 0 Å². The van der Waals surface area contributed by atoms with Gasteiger partial charge in [-0.05, 0) is 76.7 Å². The Bertz CT molecular complexity index is 1980. The summed E-state index contributed by atoms with van der Waals surface area (Å²) in [7, 11) is 0. The fraction of sp³-hybridized carbons (Fsp3) is 0.0238. The zero-order valence-corrected chi connectivity index (χ0v) is 27.2. The van der Waals surface area contributed by atoms with Crippen LogP contribution in [0.15, 0.2) is 176 Å². The highest BCUT2D eigenvalue weighted by Crippen LogP contribution is 2.36. The Morgan fingerprint density at radius 1 is 0.644 bits per heavy atom. The molecule has 0 spiro atoms. The molecule has 0 saturated heterocycles. The zero-order valence-electron chi connectivity index (χ0n) is 25.6. The van der Waals surface area contributed by atoms with Crippen molar-refractivity contribution in [2.45, 2.75) is 6.92 Å². The van der Waals surface area contributed by atoms with Gasteiger partial charge in [-0.3, -0.25) is 0 Å². The lowest BCUT2D eigenvalue weighted by Gasteiger charge is -2.10. The molecular weight excluding hydrogens is 612 g/mol. The Morgan fingerprint density at radius 3 is 1.76 bits per heavy atom. The van der Waals surface area contributed by atoms with Crippen LogP contribution in [0, 0.1) is 5.41 Å². The summed E-state index contributed by atoms with van der Waals surface area (Å²) in [5.74, 6) is 0. The molecule has 6 aromatic rings. The van der Waals surface area contributed by atoms with Crippen molar-refractivity contribution >= 4 is 49.5 Å². The van der Waals surface area contributed by atoms with Crippen LogP contribution in [0.3, 0.4) is 0 Å². The largest absolute Gasteiger partial charge is 0.309 e. The molecule has 45 heavy (non-hydrogen) atoms. The molecule has 0 aliphatic heterocycles. The summed E-state index contributed by atoms with van der Waals surface area (Å²) in [5, 5.41) is 9.90. The normalized spacial score (nSPS) is 10.6.